The molecule has 0 heterocycles. The zero-order chi connectivity index (χ0) is 34.1. The quantitative estimate of drug-likeness (QED) is 0.0391. The van der Waals surface area contributed by atoms with Crippen molar-refractivity contribution in [2.75, 3.05) is 13.2 Å². The van der Waals surface area contributed by atoms with E-state index >= 15 is 0 Å². The molecule has 0 aromatic heterocycles. The Morgan fingerprint density at radius 3 is 1.07 bits per heavy atom. The second kappa shape index (κ2) is 33.3. The van der Waals surface area contributed by atoms with E-state index in [0.29, 0.717) is 19.3 Å². The van der Waals surface area contributed by atoms with Crippen LogP contribution >= 0.6 is 0 Å². The number of carbonyl (C=O) groups is 3. The van der Waals surface area contributed by atoms with Gasteiger partial charge in [0, 0.05) is 19.3 Å². The van der Waals surface area contributed by atoms with Crippen LogP contribution in [0.5, 0.6) is 0 Å². The van der Waals surface area contributed by atoms with E-state index in [1.165, 1.54) is 89.9 Å². The lowest BCUT2D eigenvalue weighted by Gasteiger charge is -2.18. The van der Waals surface area contributed by atoms with Crippen LogP contribution in [0.4, 0.5) is 0 Å². The first kappa shape index (κ1) is 44.4. The Bertz CT molecular complexity index is 704. The molecule has 0 radical (unpaired) electrons. The van der Waals surface area contributed by atoms with E-state index in [1.807, 2.05) is 0 Å². The van der Waals surface area contributed by atoms with Gasteiger partial charge in [0.2, 0.25) is 0 Å². The number of rotatable bonds is 34. The van der Waals surface area contributed by atoms with Crippen LogP contribution in [0, 0.1) is 11.8 Å². The highest BCUT2D eigenvalue weighted by Crippen LogP contribution is 2.15. The van der Waals surface area contributed by atoms with Gasteiger partial charge in [-0.1, -0.05) is 169 Å². The molecule has 6 nitrogen and oxygen atoms in total. The summed E-state index contributed by atoms with van der Waals surface area (Å²) in [7, 11) is 0. The summed E-state index contributed by atoms with van der Waals surface area (Å²) in [6, 6.07) is 0. The first-order valence-corrected chi connectivity index (χ1v) is 19.7. The molecule has 0 unspecified atom stereocenters. The molecule has 1 atom stereocenters. The van der Waals surface area contributed by atoms with Crippen molar-refractivity contribution in [2.45, 2.75) is 214 Å². The molecule has 0 saturated heterocycles. The molecule has 0 aromatic rings. The lowest BCUT2D eigenvalue weighted by molar-refractivity contribution is -0.167. The number of carbonyl (C=O) groups excluding carboxylic acids is 3. The van der Waals surface area contributed by atoms with Gasteiger partial charge < -0.3 is 14.2 Å². The highest BCUT2D eigenvalue weighted by atomic mass is 16.6. The largest absolute Gasteiger partial charge is 0.462 e. The van der Waals surface area contributed by atoms with Gasteiger partial charge >= 0.3 is 17.9 Å². The number of hydrogen-bond donors (Lipinski definition) is 0. The second-order valence-corrected chi connectivity index (χ2v) is 14.5. The van der Waals surface area contributed by atoms with E-state index in [0.717, 1.165) is 76.0 Å². The molecule has 0 N–H and O–H groups in total. The third-order valence-electron chi connectivity index (χ3n) is 8.72. The first-order chi connectivity index (χ1) is 22.2. The van der Waals surface area contributed by atoms with Gasteiger partial charge in [0.05, 0.1) is 0 Å². The Morgan fingerprint density at radius 2 is 0.717 bits per heavy atom. The van der Waals surface area contributed by atoms with E-state index in [-0.39, 0.29) is 31.1 Å². The van der Waals surface area contributed by atoms with Crippen molar-refractivity contribution in [1.29, 1.82) is 0 Å². The van der Waals surface area contributed by atoms with Crippen LogP contribution in [0.1, 0.15) is 208 Å². The third-order valence-corrected chi connectivity index (χ3v) is 8.72. The summed E-state index contributed by atoms with van der Waals surface area (Å²) >= 11 is 0. The Labute approximate surface area is 285 Å². The molecule has 0 aromatic carbocycles. The van der Waals surface area contributed by atoms with Crippen LogP contribution in [-0.4, -0.2) is 37.2 Å². The molecule has 272 valence electrons. The number of ether oxygens (including phenoxy) is 3. The lowest BCUT2D eigenvalue weighted by atomic mass is 10.0. The molecule has 0 aliphatic rings. The topological polar surface area (TPSA) is 78.9 Å². The highest BCUT2D eigenvalue weighted by molar-refractivity contribution is 5.71. The molecule has 0 fully saturated rings. The van der Waals surface area contributed by atoms with Crippen LogP contribution in [0.3, 0.4) is 0 Å². The van der Waals surface area contributed by atoms with Gasteiger partial charge in [-0.2, -0.15) is 0 Å². The maximum Gasteiger partial charge on any atom is 0.306 e. The predicted molar refractivity (Wildman–Crippen MR) is 192 cm³/mol. The minimum absolute atomic E-state index is 0.0678. The maximum atomic E-state index is 12.5. The third kappa shape index (κ3) is 33.8. The Morgan fingerprint density at radius 1 is 0.413 bits per heavy atom. The molecule has 0 saturated carbocycles. The standard InChI is InChI=1S/C40H76O6/c1-6-7-8-18-27-32-40(43)46-37(34-45-39(42)31-26-22-17-13-12-15-20-24-29-36(4)5)33-44-38(41)30-25-21-16-11-9-10-14-19-23-28-35(2)3/h35-37H,6-34H2,1-5H3/t37-/m1/s1. The van der Waals surface area contributed by atoms with Crippen molar-refractivity contribution in [3.05, 3.63) is 0 Å². The molecular weight excluding hydrogens is 576 g/mol. The molecule has 0 rings (SSSR count). The zero-order valence-electron chi connectivity index (χ0n) is 31.2. The molecule has 6 heteroatoms. The van der Waals surface area contributed by atoms with Crippen molar-refractivity contribution in [3.63, 3.8) is 0 Å². The van der Waals surface area contributed by atoms with E-state index in [2.05, 4.69) is 34.6 Å². The highest BCUT2D eigenvalue weighted by Gasteiger charge is 2.19. The second-order valence-electron chi connectivity index (χ2n) is 14.5. The summed E-state index contributed by atoms with van der Waals surface area (Å²) in [6.45, 7) is 11.2. The Hall–Kier alpha value is -1.59. The van der Waals surface area contributed by atoms with Gasteiger partial charge in [0.25, 0.3) is 0 Å². The fourth-order valence-corrected chi connectivity index (χ4v) is 5.69. The minimum atomic E-state index is -0.757. The average Bonchev–Trinajstić information content (AvgIpc) is 3.01. The molecule has 0 bridgehead atoms. The van der Waals surface area contributed by atoms with Crippen LogP contribution in [0.25, 0.3) is 0 Å². The molecule has 0 amide bonds. The van der Waals surface area contributed by atoms with Crippen LogP contribution < -0.4 is 0 Å². The average molecular weight is 653 g/mol. The van der Waals surface area contributed by atoms with Gasteiger partial charge in [-0.3, -0.25) is 14.4 Å². The zero-order valence-corrected chi connectivity index (χ0v) is 31.2. The summed E-state index contributed by atoms with van der Waals surface area (Å²) in [5, 5.41) is 0. The van der Waals surface area contributed by atoms with E-state index in [4.69, 9.17) is 14.2 Å². The molecule has 0 aliphatic carbocycles. The lowest BCUT2D eigenvalue weighted by Crippen LogP contribution is -2.30. The normalized spacial score (nSPS) is 12.1. The van der Waals surface area contributed by atoms with Gasteiger partial charge in [0.1, 0.15) is 13.2 Å². The summed E-state index contributed by atoms with van der Waals surface area (Å²) < 4.78 is 16.5. The van der Waals surface area contributed by atoms with Crippen molar-refractivity contribution < 1.29 is 28.6 Å². The fourth-order valence-electron chi connectivity index (χ4n) is 5.69. The van der Waals surface area contributed by atoms with Crippen molar-refractivity contribution in [1.82, 2.24) is 0 Å². The van der Waals surface area contributed by atoms with Crippen molar-refractivity contribution in [2.24, 2.45) is 11.8 Å². The van der Waals surface area contributed by atoms with Gasteiger partial charge in [-0.25, -0.2) is 0 Å². The van der Waals surface area contributed by atoms with E-state index in [9.17, 15) is 14.4 Å². The Kier molecular flexibility index (Phi) is 32.2. The van der Waals surface area contributed by atoms with Crippen LogP contribution in [-0.2, 0) is 28.6 Å². The van der Waals surface area contributed by atoms with Gasteiger partial charge in [-0.05, 0) is 31.1 Å². The number of unbranched alkanes of at least 4 members (excludes halogenated alkanes) is 19. The van der Waals surface area contributed by atoms with Crippen LogP contribution in [0.15, 0.2) is 0 Å². The van der Waals surface area contributed by atoms with Gasteiger partial charge in [-0.15, -0.1) is 0 Å². The summed E-state index contributed by atoms with van der Waals surface area (Å²) in [6.07, 6.45) is 28.4. The monoisotopic (exact) mass is 653 g/mol. The van der Waals surface area contributed by atoms with Gasteiger partial charge in [0.15, 0.2) is 6.10 Å². The molecule has 0 spiro atoms. The summed E-state index contributed by atoms with van der Waals surface area (Å²) in [5.74, 6) is 0.723. The minimum Gasteiger partial charge on any atom is -0.462 e. The van der Waals surface area contributed by atoms with Crippen molar-refractivity contribution in [3.8, 4) is 0 Å². The number of hydrogen-bond acceptors (Lipinski definition) is 6. The number of esters is 3. The fraction of sp³-hybridized carbons (Fsp3) is 0.925. The maximum absolute atomic E-state index is 12.5. The summed E-state index contributed by atoms with van der Waals surface area (Å²) in [5.41, 5.74) is 0. The predicted octanol–water partition coefficient (Wildman–Crippen LogP) is 11.8. The van der Waals surface area contributed by atoms with Crippen LogP contribution in [0.2, 0.25) is 0 Å². The van der Waals surface area contributed by atoms with E-state index < -0.39 is 6.10 Å². The summed E-state index contributed by atoms with van der Waals surface area (Å²) in [4.78, 5) is 37.2. The molecule has 46 heavy (non-hydrogen) atoms. The van der Waals surface area contributed by atoms with Crippen molar-refractivity contribution >= 4 is 17.9 Å². The first-order valence-electron chi connectivity index (χ1n) is 19.7. The van der Waals surface area contributed by atoms with E-state index in [1.54, 1.807) is 0 Å². The smallest absolute Gasteiger partial charge is 0.306 e. The Balaban J connectivity index is 4.23. The SMILES string of the molecule is CCCCCCCC(=O)O[C@H](COC(=O)CCCCCCCCCCCC(C)C)COC(=O)CCCCCCCCCCC(C)C. The molecular formula is C40H76O6. The molecule has 0 aliphatic heterocycles.